The average molecular weight is 281 g/mol. The maximum atomic E-state index is 13.5. The minimum atomic E-state index is -0.749. The van der Waals surface area contributed by atoms with Gasteiger partial charge in [0.2, 0.25) is 0 Å². The highest BCUT2D eigenvalue weighted by Gasteiger charge is 2.20. The summed E-state index contributed by atoms with van der Waals surface area (Å²) in [5.74, 6) is -0.473. The SMILES string of the molecule is CCOC(=O)C(C)Oc1cc(F)cc(CNC2CC2)c1. The van der Waals surface area contributed by atoms with E-state index < -0.39 is 12.1 Å². The summed E-state index contributed by atoms with van der Waals surface area (Å²) in [6.45, 7) is 4.22. The number of benzene rings is 1. The number of esters is 1. The monoisotopic (exact) mass is 281 g/mol. The Morgan fingerprint density at radius 1 is 1.45 bits per heavy atom. The van der Waals surface area contributed by atoms with Gasteiger partial charge in [0.05, 0.1) is 6.61 Å². The lowest BCUT2D eigenvalue weighted by Gasteiger charge is -2.14. The Morgan fingerprint density at radius 2 is 2.20 bits per heavy atom. The van der Waals surface area contributed by atoms with Crippen molar-refractivity contribution in [3.63, 3.8) is 0 Å². The van der Waals surface area contributed by atoms with Gasteiger partial charge in [0.25, 0.3) is 0 Å². The summed E-state index contributed by atoms with van der Waals surface area (Å²) in [4.78, 5) is 11.5. The summed E-state index contributed by atoms with van der Waals surface area (Å²) in [5.41, 5.74) is 0.808. The van der Waals surface area contributed by atoms with Crippen LogP contribution in [-0.2, 0) is 16.1 Å². The molecular weight excluding hydrogens is 261 g/mol. The molecule has 0 saturated heterocycles. The first-order valence-electron chi connectivity index (χ1n) is 6.94. The van der Waals surface area contributed by atoms with Gasteiger partial charge in [-0.05, 0) is 44.4 Å². The lowest BCUT2D eigenvalue weighted by Crippen LogP contribution is -2.26. The van der Waals surface area contributed by atoms with Crippen LogP contribution in [-0.4, -0.2) is 24.7 Å². The number of hydrogen-bond donors (Lipinski definition) is 1. The molecule has 1 aliphatic carbocycles. The zero-order valence-electron chi connectivity index (χ0n) is 11.8. The van der Waals surface area contributed by atoms with Gasteiger partial charge in [0.1, 0.15) is 11.6 Å². The molecule has 2 rings (SSSR count). The molecule has 1 fully saturated rings. The maximum absolute atomic E-state index is 13.5. The Labute approximate surface area is 118 Å². The van der Waals surface area contributed by atoms with E-state index in [4.69, 9.17) is 9.47 Å². The van der Waals surface area contributed by atoms with Gasteiger partial charge in [-0.15, -0.1) is 0 Å². The predicted molar refractivity (Wildman–Crippen MR) is 73.0 cm³/mol. The number of halogens is 1. The van der Waals surface area contributed by atoms with Crippen molar-refractivity contribution in [3.05, 3.63) is 29.6 Å². The van der Waals surface area contributed by atoms with Crippen LogP contribution < -0.4 is 10.1 Å². The molecule has 0 spiro atoms. The fraction of sp³-hybridized carbons (Fsp3) is 0.533. The first-order chi connectivity index (χ1) is 9.58. The highest BCUT2D eigenvalue weighted by atomic mass is 19.1. The van der Waals surface area contributed by atoms with E-state index in [0.29, 0.717) is 24.9 Å². The van der Waals surface area contributed by atoms with Crippen molar-refractivity contribution in [3.8, 4) is 5.75 Å². The van der Waals surface area contributed by atoms with Crippen molar-refractivity contribution in [1.29, 1.82) is 0 Å². The molecule has 0 amide bonds. The van der Waals surface area contributed by atoms with E-state index >= 15 is 0 Å². The standard InChI is InChI=1S/C15H20FNO3/c1-3-19-15(18)10(2)20-14-7-11(6-12(16)8-14)9-17-13-4-5-13/h6-8,10,13,17H,3-5,9H2,1-2H3. The molecule has 0 heterocycles. The molecule has 1 N–H and O–H groups in total. The molecule has 1 aliphatic rings. The number of hydrogen-bond acceptors (Lipinski definition) is 4. The van der Waals surface area contributed by atoms with Crippen LogP contribution in [0.1, 0.15) is 32.3 Å². The third kappa shape index (κ3) is 4.49. The summed E-state index contributed by atoms with van der Waals surface area (Å²) < 4.78 is 23.8. The summed E-state index contributed by atoms with van der Waals surface area (Å²) in [6.07, 6.45) is 1.61. The van der Waals surface area contributed by atoms with Crippen LogP contribution in [0.4, 0.5) is 4.39 Å². The topological polar surface area (TPSA) is 47.6 Å². The van der Waals surface area contributed by atoms with Gasteiger partial charge in [0, 0.05) is 18.7 Å². The normalized spacial score (nSPS) is 15.8. The minimum Gasteiger partial charge on any atom is -0.479 e. The van der Waals surface area contributed by atoms with Crippen LogP contribution >= 0.6 is 0 Å². The molecule has 1 aromatic carbocycles. The Bertz CT molecular complexity index is 474. The molecule has 1 aromatic rings. The van der Waals surface area contributed by atoms with Crippen LogP contribution in [0.3, 0.4) is 0 Å². The van der Waals surface area contributed by atoms with Crippen LogP contribution in [0.15, 0.2) is 18.2 Å². The van der Waals surface area contributed by atoms with E-state index in [1.807, 2.05) is 0 Å². The fourth-order valence-corrected chi connectivity index (χ4v) is 1.85. The average Bonchev–Trinajstić information content (AvgIpc) is 3.20. The molecule has 0 aromatic heterocycles. The van der Waals surface area contributed by atoms with Crippen LogP contribution in [0, 0.1) is 5.82 Å². The second-order valence-corrected chi connectivity index (χ2v) is 4.96. The number of carbonyl (C=O) groups excluding carboxylic acids is 1. The summed E-state index contributed by atoms with van der Waals surface area (Å²) >= 11 is 0. The van der Waals surface area contributed by atoms with Gasteiger partial charge < -0.3 is 14.8 Å². The lowest BCUT2D eigenvalue weighted by molar-refractivity contribution is -0.150. The first-order valence-corrected chi connectivity index (χ1v) is 6.94. The van der Waals surface area contributed by atoms with Gasteiger partial charge in [0.15, 0.2) is 6.10 Å². The third-order valence-corrected chi connectivity index (χ3v) is 3.03. The van der Waals surface area contributed by atoms with Gasteiger partial charge in [-0.2, -0.15) is 0 Å². The highest BCUT2D eigenvalue weighted by Crippen LogP contribution is 2.21. The molecule has 110 valence electrons. The Hall–Kier alpha value is -1.62. The zero-order valence-corrected chi connectivity index (χ0v) is 11.8. The van der Waals surface area contributed by atoms with Crippen molar-refractivity contribution >= 4 is 5.97 Å². The highest BCUT2D eigenvalue weighted by molar-refractivity contribution is 5.74. The van der Waals surface area contributed by atoms with E-state index in [1.165, 1.54) is 25.0 Å². The molecule has 0 radical (unpaired) electrons. The second kappa shape index (κ2) is 6.70. The molecule has 5 heteroatoms. The smallest absolute Gasteiger partial charge is 0.347 e. The molecular formula is C15H20FNO3. The van der Waals surface area contributed by atoms with Crippen molar-refractivity contribution in [2.75, 3.05) is 6.61 Å². The third-order valence-electron chi connectivity index (χ3n) is 3.03. The lowest BCUT2D eigenvalue weighted by atomic mass is 10.2. The van der Waals surface area contributed by atoms with E-state index in [-0.39, 0.29) is 5.82 Å². The second-order valence-electron chi connectivity index (χ2n) is 4.96. The van der Waals surface area contributed by atoms with Crippen LogP contribution in [0.25, 0.3) is 0 Å². The Kier molecular flexibility index (Phi) is 4.95. The van der Waals surface area contributed by atoms with E-state index in [1.54, 1.807) is 19.9 Å². The predicted octanol–water partition coefficient (Wildman–Crippen LogP) is 2.41. The number of nitrogens with one attached hydrogen (secondary N) is 1. The van der Waals surface area contributed by atoms with Gasteiger partial charge in [-0.25, -0.2) is 9.18 Å². The summed E-state index contributed by atoms with van der Waals surface area (Å²) in [5, 5.41) is 3.31. The Balaban J connectivity index is 1.97. The van der Waals surface area contributed by atoms with Crippen LogP contribution in [0.2, 0.25) is 0 Å². The largest absolute Gasteiger partial charge is 0.479 e. The summed E-state index contributed by atoms with van der Waals surface area (Å²) in [7, 11) is 0. The van der Waals surface area contributed by atoms with Gasteiger partial charge in [-0.1, -0.05) is 0 Å². The van der Waals surface area contributed by atoms with E-state index in [0.717, 1.165) is 5.56 Å². The molecule has 20 heavy (non-hydrogen) atoms. The number of rotatable bonds is 7. The minimum absolute atomic E-state index is 0.298. The fourth-order valence-electron chi connectivity index (χ4n) is 1.85. The van der Waals surface area contributed by atoms with Crippen molar-refractivity contribution in [1.82, 2.24) is 5.32 Å². The molecule has 1 saturated carbocycles. The molecule has 0 bridgehead atoms. The molecule has 0 aliphatic heterocycles. The zero-order chi connectivity index (χ0) is 14.5. The first kappa shape index (κ1) is 14.8. The van der Waals surface area contributed by atoms with Crippen molar-refractivity contribution < 1.29 is 18.7 Å². The Morgan fingerprint density at radius 3 is 2.85 bits per heavy atom. The van der Waals surface area contributed by atoms with Crippen molar-refractivity contribution in [2.24, 2.45) is 0 Å². The molecule has 1 atom stereocenters. The van der Waals surface area contributed by atoms with Gasteiger partial charge >= 0.3 is 5.97 Å². The van der Waals surface area contributed by atoms with Crippen LogP contribution in [0.5, 0.6) is 5.75 Å². The number of ether oxygens (including phenoxy) is 2. The quantitative estimate of drug-likeness (QED) is 0.780. The molecule has 4 nitrogen and oxygen atoms in total. The van der Waals surface area contributed by atoms with Crippen molar-refractivity contribution in [2.45, 2.75) is 45.4 Å². The van der Waals surface area contributed by atoms with E-state index in [9.17, 15) is 9.18 Å². The molecule has 1 unspecified atom stereocenters. The number of carbonyl (C=O) groups is 1. The van der Waals surface area contributed by atoms with Gasteiger partial charge in [-0.3, -0.25) is 0 Å². The summed E-state index contributed by atoms with van der Waals surface area (Å²) in [6, 6.07) is 5.04. The van der Waals surface area contributed by atoms with E-state index in [2.05, 4.69) is 5.32 Å². The maximum Gasteiger partial charge on any atom is 0.347 e.